The maximum absolute atomic E-state index is 11.6. The lowest BCUT2D eigenvalue weighted by molar-refractivity contribution is 0.215. The van der Waals surface area contributed by atoms with Crippen LogP contribution in [0.1, 0.15) is 0 Å². The van der Waals surface area contributed by atoms with Crippen LogP contribution < -0.4 is 15.4 Å². The minimum absolute atomic E-state index is 0.0674. The second-order valence-corrected chi connectivity index (χ2v) is 3.86. The number of nitrogens with zero attached hydrogens (tertiary/aromatic N) is 2. The van der Waals surface area contributed by atoms with Crippen molar-refractivity contribution < 1.29 is 9.53 Å². The summed E-state index contributed by atoms with van der Waals surface area (Å²) in [6.45, 7) is 0. The molecule has 0 fully saturated rings. The minimum atomic E-state index is -0.685. The second-order valence-electron chi connectivity index (χ2n) is 3.48. The molecule has 0 radical (unpaired) electrons. The first-order valence-electron chi connectivity index (χ1n) is 5.43. The first kappa shape index (κ1) is 13.1. The van der Waals surface area contributed by atoms with Gasteiger partial charge in [-0.05, 0) is 12.1 Å². The van der Waals surface area contributed by atoms with Crippen LogP contribution in [0.2, 0.25) is 5.15 Å². The Balaban J connectivity index is 2.05. The zero-order valence-corrected chi connectivity index (χ0v) is 10.8. The Labute approximate surface area is 114 Å². The number of carbonyl (C=O) groups excluding carboxylic acids is 1. The van der Waals surface area contributed by atoms with Gasteiger partial charge in [0.05, 0.1) is 0 Å². The average Bonchev–Trinajstić information content (AvgIpc) is 2.38. The first-order valence-corrected chi connectivity index (χ1v) is 5.81. The van der Waals surface area contributed by atoms with Crippen LogP contribution in [-0.2, 0) is 0 Å². The van der Waals surface area contributed by atoms with Gasteiger partial charge in [-0.1, -0.05) is 29.8 Å². The largest absolute Gasteiger partial charge is 0.419 e. The molecule has 1 amide bonds. The molecular weight excluding hydrogens is 268 g/mol. The topological polar surface area (TPSA) is 76.1 Å². The summed E-state index contributed by atoms with van der Waals surface area (Å²) in [6, 6.07) is 10.2. The van der Waals surface area contributed by atoms with E-state index in [1.807, 2.05) is 6.07 Å². The van der Waals surface area contributed by atoms with Gasteiger partial charge in [0, 0.05) is 13.1 Å². The quantitative estimate of drug-likeness (QED) is 0.844. The molecule has 0 spiro atoms. The van der Waals surface area contributed by atoms with Gasteiger partial charge in [0.25, 0.3) is 0 Å². The number of anilines is 2. The Morgan fingerprint density at radius 2 is 2.00 bits per heavy atom. The van der Waals surface area contributed by atoms with Crippen LogP contribution in [0.15, 0.2) is 36.4 Å². The van der Waals surface area contributed by atoms with Crippen molar-refractivity contribution >= 4 is 29.5 Å². The van der Waals surface area contributed by atoms with Crippen LogP contribution in [0.4, 0.5) is 16.6 Å². The van der Waals surface area contributed by atoms with Gasteiger partial charge < -0.3 is 10.1 Å². The van der Waals surface area contributed by atoms with Crippen LogP contribution in [0.5, 0.6) is 5.75 Å². The Kier molecular flexibility index (Phi) is 4.15. The molecule has 1 aromatic heterocycles. The van der Waals surface area contributed by atoms with Gasteiger partial charge in [0.2, 0.25) is 5.95 Å². The van der Waals surface area contributed by atoms with Crippen molar-refractivity contribution in [2.45, 2.75) is 0 Å². The molecule has 2 N–H and O–H groups in total. The molecule has 0 saturated heterocycles. The van der Waals surface area contributed by atoms with Gasteiger partial charge in [0.15, 0.2) is 0 Å². The molecule has 0 bridgehead atoms. The molecule has 98 valence electrons. The van der Waals surface area contributed by atoms with Gasteiger partial charge in [0.1, 0.15) is 16.7 Å². The molecule has 2 rings (SSSR count). The fourth-order valence-electron chi connectivity index (χ4n) is 1.31. The van der Waals surface area contributed by atoms with E-state index in [0.717, 1.165) is 0 Å². The third-order valence-electron chi connectivity index (χ3n) is 2.12. The number of benzene rings is 1. The van der Waals surface area contributed by atoms with Crippen molar-refractivity contribution in [2.24, 2.45) is 0 Å². The molecule has 2 aromatic rings. The molecule has 6 nitrogen and oxygen atoms in total. The van der Waals surface area contributed by atoms with Crippen molar-refractivity contribution in [2.75, 3.05) is 17.7 Å². The van der Waals surface area contributed by atoms with E-state index in [4.69, 9.17) is 16.3 Å². The number of hydrogen-bond donors (Lipinski definition) is 2. The van der Waals surface area contributed by atoms with Crippen LogP contribution in [0.3, 0.4) is 0 Å². The molecule has 0 aliphatic heterocycles. The number of nitrogens with one attached hydrogen (secondary N) is 2. The highest BCUT2D eigenvalue weighted by atomic mass is 35.5. The van der Waals surface area contributed by atoms with E-state index >= 15 is 0 Å². The zero-order valence-electron chi connectivity index (χ0n) is 10.1. The maximum Gasteiger partial charge on any atom is 0.419 e. The average molecular weight is 279 g/mol. The predicted molar refractivity (Wildman–Crippen MR) is 72.7 cm³/mol. The summed E-state index contributed by atoms with van der Waals surface area (Å²) in [7, 11) is 1.69. The lowest BCUT2D eigenvalue weighted by atomic mass is 10.3. The highest BCUT2D eigenvalue weighted by Crippen LogP contribution is 2.14. The van der Waals surface area contributed by atoms with Crippen molar-refractivity contribution in [3.8, 4) is 5.75 Å². The van der Waals surface area contributed by atoms with E-state index in [2.05, 4.69) is 20.6 Å². The SMILES string of the molecule is CNc1cc(Cl)nc(NC(=O)Oc2ccccc2)n1. The second kappa shape index (κ2) is 6.01. The number of carbonyl (C=O) groups is 1. The Hall–Kier alpha value is -2.34. The van der Waals surface area contributed by atoms with Crippen LogP contribution >= 0.6 is 11.6 Å². The highest BCUT2D eigenvalue weighted by Gasteiger charge is 2.08. The molecule has 0 saturated carbocycles. The molecule has 7 heteroatoms. The lowest BCUT2D eigenvalue weighted by Crippen LogP contribution is -2.18. The highest BCUT2D eigenvalue weighted by molar-refractivity contribution is 6.29. The summed E-state index contributed by atoms with van der Waals surface area (Å²) in [5.74, 6) is 0.990. The molecule has 0 atom stereocenters. The predicted octanol–water partition coefficient (Wildman–Crippen LogP) is 2.78. The van der Waals surface area contributed by atoms with Crippen molar-refractivity contribution in [1.82, 2.24) is 9.97 Å². The number of amides is 1. The molecule has 0 aliphatic carbocycles. The van der Waals surface area contributed by atoms with Crippen molar-refractivity contribution in [3.05, 3.63) is 41.6 Å². The monoisotopic (exact) mass is 278 g/mol. The molecule has 1 aromatic carbocycles. The summed E-state index contributed by atoms with van der Waals surface area (Å²) in [5, 5.41) is 5.42. The number of ether oxygens (including phenoxy) is 1. The van der Waals surface area contributed by atoms with E-state index in [9.17, 15) is 4.79 Å². The number of para-hydroxylation sites is 1. The zero-order chi connectivity index (χ0) is 13.7. The molecule has 1 heterocycles. The summed E-state index contributed by atoms with van der Waals surface area (Å²) in [4.78, 5) is 19.5. The smallest absolute Gasteiger partial charge is 0.410 e. The van der Waals surface area contributed by atoms with Crippen molar-refractivity contribution in [3.63, 3.8) is 0 Å². The molecule has 19 heavy (non-hydrogen) atoms. The number of rotatable bonds is 3. The van der Waals surface area contributed by atoms with Gasteiger partial charge in [-0.3, -0.25) is 5.32 Å². The summed E-state index contributed by atoms with van der Waals surface area (Å²) >= 11 is 5.79. The van der Waals surface area contributed by atoms with Gasteiger partial charge in [-0.15, -0.1) is 0 Å². The Morgan fingerprint density at radius 1 is 1.26 bits per heavy atom. The standard InChI is InChI=1S/C12H11ClN4O2/c1-14-10-7-9(13)15-11(16-10)17-12(18)19-8-5-3-2-4-6-8/h2-7H,1H3,(H2,14,15,16,17,18). The maximum atomic E-state index is 11.6. The first-order chi connectivity index (χ1) is 9.17. The van der Waals surface area contributed by atoms with E-state index in [-0.39, 0.29) is 11.1 Å². The van der Waals surface area contributed by atoms with Gasteiger partial charge in [-0.25, -0.2) is 9.78 Å². The fraction of sp³-hybridized carbons (Fsp3) is 0.0833. The van der Waals surface area contributed by atoms with E-state index in [1.165, 1.54) is 6.07 Å². The third-order valence-corrected chi connectivity index (χ3v) is 2.31. The normalized spacial score (nSPS) is 9.79. The number of aromatic nitrogens is 2. The van der Waals surface area contributed by atoms with E-state index in [0.29, 0.717) is 11.6 Å². The van der Waals surface area contributed by atoms with Crippen molar-refractivity contribution in [1.29, 1.82) is 0 Å². The van der Waals surface area contributed by atoms with Crippen LogP contribution in [-0.4, -0.2) is 23.1 Å². The summed E-state index contributed by atoms with van der Waals surface area (Å²) < 4.78 is 5.04. The fourth-order valence-corrected chi connectivity index (χ4v) is 1.50. The van der Waals surface area contributed by atoms with Crippen LogP contribution in [0, 0.1) is 0 Å². The van der Waals surface area contributed by atoms with Gasteiger partial charge in [-0.2, -0.15) is 4.98 Å². The molecular formula is C12H11ClN4O2. The number of hydrogen-bond acceptors (Lipinski definition) is 5. The number of halogens is 1. The van der Waals surface area contributed by atoms with Crippen LogP contribution in [0.25, 0.3) is 0 Å². The summed E-state index contributed by atoms with van der Waals surface area (Å²) in [5.41, 5.74) is 0. The molecule has 0 aliphatic rings. The lowest BCUT2D eigenvalue weighted by Gasteiger charge is -2.07. The summed E-state index contributed by atoms with van der Waals surface area (Å²) in [6.07, 6.45) is -0.685. The Morgan fingerprint density at radius 3 is 2.68 bits per heavy atom. The van der Waals surface area contributed by atoms with E-state index in [1.54, 1.807) is 31.3 Å². The third kappa shape index (κ3) is 3.82. The van der Waals surface area contributed by atoms with E-state index < -0.39 is 6.09 Å². The van der Waals surface area contributed by atoms with Gasteiger partial charge >= 0.3 is 6.09 Å². The Bertz CT molecular complexity index is 577. The minimum Gasteiger partial charge on any atom is -0.410 e. The molecule has 0 unspecified atom stereocenters.